The average molecular weight is 431 g/mol. The molecule has 0 saturated carbocycles. The normalized spacial score (nSPS) is 13.7. The summed E-state index contributed by atoms with van der Waals surface area (Å²) in [5.41, 5.74) is 1.67. The summed E-state index contributed by atoms with van der Waals surface area (Å²) in [7, 11) is 0. The van der Waals surface area contributed by atoms with Gasteiger partial charge >= 0.3 is 0 Å². The minimum Gasteiger partial charge on any atom is -0.334 e. The van der Waals surface area contributed by atoms with Crippen molar-refractivity contribution in [3.8, 4) is 0 Å². The molecule has 0 spiro atoms. The Bertz CT molecular complexity index is 1260. The molecule has 160 valence electrons. The summed E-state index contributed by atoms with van der Waals surface area (Å²) in [5.74, 6) is -0.970. The van der Waals surface area contributed by atoms with Gasteiger partial charge in [0.1, 0.15) is 18.1 Å². The second-order valence-corrected chi connectivity index (χ2v) is 7.49. The van der Waals surface area contributed by atoms with Crippen molar-refractivity contribution in [2.45, 2.75) is 12.6 Å². The van der Waals surface area contributed by atoms with E-state index in [2.05, 4.69) is 20.5 Å². The Balaban J connectivity index is 1.27. The zero-order valence-electron chi connectivity index (χ0n) is 16.9. The molecule has 1 aliphatic rings. The monoisotopic (exact) mass is 431 g/mol. The van der Waals surface area contributed by atoms with Gasteiger partial charge in [-0.2, -0.15) is 15.0 Å². The Morgan fingerprint density at radius 2 is 1.66 bits per heavy atom. The maximum Gasteiger partial charge on any atom is 0.254 e. The molecule has 10 heteroatoms. The lowest BCUT2D eigenvalue weighted by Crippen LogP contribution is -2.51. The Morgan fingerprint density at radius 3 is 2.38 bits per heavy atom. The first-order valence-electron chi connectivity index (χ1n) is 10.0. The van der Waals surface area contributed by atoms with Crippen LogP contribution in [-0.4, -0.2) is 59.7 Å². The van der Waals surface area contributed by atoms with Crippen LogP contribution >= 0.6 is 0 Å². The SMILES string of the molecule is O=C(c1ccc(F)cc1)c1ccccc1C(=O)N1CC(n2cc(Cn3nccn3)nn2)C1. The summed E-state index contributed by atoms with van der Waals surface area (Å²) in [5, 5.41) is 16.4. The number of nitrogens with zero attached hydrogens (tertiary/aromatic N) is 7. The lowest BCUT2D eigenvalue weighted by molar-refractivity contribution is 0.0496. The first-order chi connectivity index (χ1) is 15.6. The first-order valence-corrected chi connectivity index (χ1v) is 10.0. The highest BCUT2D eigenvalue weighted by Crippen LogP contribution is 2.25. The summed E-state index contributed by atoms with van der Waals surface area (Å²) in [6.45, 7) is 1.34. The topological polar surface area (TPSA) is 98.8 Å². The summed E-state index contributed by atoms with van der Waals surface area (Å²) in [6.07, 6.45) is 5.01. The van der Waals surface area contributed by atoms with Crippen LogP contribution in [-0.2, 0) is 6.54 Å². The van der Waals surface area contributed by atoms with E-state index >= 15 is 0 Å². The highest BCUT2D eigenvalue weighted by Gasteiger charge is 2.34. The number of hydrogen-bond donors (Lipinski definition) is 0. The van der Waals surface area contributed by atoms with Crippen LogP contribution in [0.3, 0.4) is 0 Å². The molecule has 0 aliphatic carbocycles. The molecular weight excluding hydrogens is 413 g/mol. The van der Waals surface area contributed by atoms with Crippen LogP contribution in [0.25, 0.3) is 0 Å². The number of benzene rings is 2. The van der Waals surface area contributed by atoms with Gasteiger partial charge in [0.2, 0.25) is 0 Å². The minimum atomic E-state index is -0.422. The van der Waals surface area contributed by atoms with E-state index in [4.69, 9.17) is 0 Å². The van der Waals surface area contributed by atoms with Gasteiger partial charge in [-0.15, -0.1) is 5.10 Å². The molecule has 5 rings (SSSR count). The standard InChI is InChI=1S/C22H18FN7O2/c23-16-7-5-15(6-8-16)21(31)19-3-1-2-4-20(19)22(32)28-13-18(14-28)29-11-17(26-27-29)12-30-24-9-10-25-30/h1-11,18H,12-14H2. The van der Waals surface area contributed by atoms with E-state index in [0.717, 1.165) is 5.69 Å². The van der Waals surface area contributed by atoms with E-state index in [9.17, 15) is 14.0 Å². The maximum atomic E-state index is 13.2. The Labute approximate surface area is 182 Å². The summed E-state index contributed by atoms with van der Waals surface area (Å²) in [4.78, 5) is 29.2. The van der Waals surface area contributed by atoms with Crippen molar-refractivity contribution in [1.29, 1.82) is 0 Å². The molecule has 9 nitrogen and oxygen atoms in total. The van der Waals surface area contributed by atoms with E-state index in [1.807, 2.05) is 6.20 Å². The zero-order chi connectivity index (χ0) is 22.1. The van der Waals surface area contributed by atoms with Gasteiger partial charge in [0.15, 0.2) is 5.78 Å². The molecule has 1 amide bonds. The number of carbonyl (C=O) groups is 2. The molecule has 0 unspecified atom stereocenters. The highest BCUT2D eigenvalue weighted by molar-refractivity contribution is 6.15. The third kappa shape index (κ3) is 3.78. The number of ketones is 1. The zero-order valence-corrected chi connectivity index (χ0v) is 16.9. The molecule has 1 aliphatic heterocycles. The Morgan fingerprint density at radius 1 is 0.969 bits per heavy atom. The molecule has 0 atom stereocenters. The number of amides is 1. The molecule has 1 fully saturated rings. The summed E-state index contributed by atoms with van der Waals surface area (Å²) < 4.78 is 14.9. The molecule has 2 aromatic heterocycles. The van der Waals surface area contributed by atoms with Crippen molar-refractivity contribution in [3.63, 3.8) is 0 Å². The fourth-order valence-corrected chi connectivity index (χ4v) is 3.62. The van der Waals surface area contributed by atoms with Crippen LogP contribution in [0.1, 0.15) is 38.0 Å². The van der Waals surface area contributed by atoms with Crippen LogP contribution < -0.4 is 0 Å². The molecule has 32 heavy (non-hydrogen) atoms. The molecule has 2 aromatic carbocycles. The van der Waals surface area contributed by atoms with Gasteiger partial charge < -0.3 is 4.90 Å². The minimum absolute atomic E-state index is 0.00532. The van der Waals surface area contributed by atoms with Crippen LogP contribution in [0.2, 0.25) is 0 Å². The smallest absolute Gasteiger partial charge is 0.254 e. The van der Waals surface area contributed by atoms with Gasteiger partial charge in [-0.3, -0.25) is 9.59 Å². The third-order valence-corrected chi connectivity index (χ3v) is 5.36. The molecule has 1 saturated heterocycles. The van der Waals surface area contributed by atoms with Crippen molar-refractivity contribution < 1.29 is 14.0 Å². The molecular formula is C22H18FN7O2. The first kappa shape index (κ1) is 19.7. The number of aromatic nitrogens is 6. The Hall–Kier alpha value is -4.21. The van der Waals surface area contributed by atoms with Crippen molar-refractivity contribution >= 4 is 11.7 Å². The van der Waals surface area contributed by atoms with Crippen molar-refractivity contribution in [3.05, 3.63) is 95.3 Å². The van der Waals surface area contributed by atoms with Gasteiger partial charge in [0.05, 0.1) is 30.2 Å². The number of likely N-dealkylation sites (tertiary alicyclic amines) is 1. The summed E-state index contributed by atoms with van der Waals surface area (Å²) in [6, 6.07) is 12.0. The maximum absolute atomic E-state index is 13.2. The number of halogens is 1. The predicted octanol–water partition coefficient (Wildman–Crippen LogP) is 1.99. The van der Waals surface area contributed by atoms with E-state index in [-0.39, 0.29) is 17.7 Å². The second kappa shape index (κ2) is 8.14. The predicted molar refractivity (Wildman–Crippen MR) is 110 cm³/mol. The van der Waals surface area contributed by atoms with E-state index in [1.165, 1.54) is 29.1 Å². The van der Waals surface area contributed by atoms with Crippen LogP contribution in [0.5, 0.6) is 0 Å². The fraction of sp³-hybridized carbons (Fsp3) is 0.182. The van der Waals surface area contributed by atoms with E-state index in [0.29, 0.717) is 36.3 Å². The number of carbonyl (C=O) groups excluding carboxylic acids is 2. The van der Waals surface area contributed by atoms with Gasteiger partial charge in [-0.1, -0.05) is 23.4 Å². The number of hydrogen-bond acceptors (Lipinski definition) is 6. The number of rotatable bonds is 6. The molecule has 4 aromatic rings. The highest BCUT2D eigenvalue weighted by atomic mass is 19.1. The largest absolute Gasteiger partial charge is 0.334 e. The quantitative estimate of drug-likeness (QED) is 0.433. The molecule has 3 heterocycles. The van der Waals surface area contributed by atoms with Gasteiger partial charge in [-0.25, -0.2) is 9.07 Å². The second-order valence-electron chi connectivity index (χ2n) is 7.49. The van der Waals surface area contributed by atoms with Gasteiger partial charge in [0, 0.05) is 24.2 Å². The molecule has 0 radical (unpaired) electrons. The Kier molecular flexibility index (Phi) is 5.02. The molecule has 0 bridgehead atoms. The average Bonchev–Trinajstić information content (AvgIpc) is 3.45. The van der Waals surface area contributed by atoms with Crippen LogP contribution in [0.15, 0.2) is 67.1 Å². The van der Waals surface area contributed by atoms with Crippen LogP contribution in [0, 0.1) is 5.82 Å². The third-order valence-electron chi connectivity index (χ3n) is 5.36. The van der Waals surface area contributed by atoms with Crippen LogP contribution in [0.4, 0.5) is 4.39 Å². The van der Waals surface area contributed by atoms with Crippen molar-refractivity contribution in [2.24, 2.45) is 0 Å². The van der Waals surface area contributed by atoms with Crippen molar-refractivity contribution in [1.82, 2.24) is 34.9 Å². The fourth-order valence-electron chi connectivity index (χ4n) is 3.62. The van der Waals surface area contributed by atoms with Crippen molar-refractivity contribution in [2.75, 3.05) is 13.1 Å². The summed E-state index contributed by atoms with van der Waals surface area (Å²) >= 11 is 0. The lowest BCUT2D eigenvalue weighted by atomic mass is 9.96. The molecule has 0 N–H and O–H groups in total. The van der Waals surface area contributed by atoms with E-state index in [1.54, 1.807) is 46.2 Å². The lowest BCUT2D eigenvalue weighted by Gasteiger charge is -2.39. The van der Waals surface area contributed by atoms with Gasteiger partial charge in [0.25, 0.3) is 5.91 Å². The van der Waals surface area contributed by atoms with Gasteiger partial charge in [-0.05, 0) is 30.3 Å². The van der Waals surface area contributed by atoms with E-state index < -0.39 is 5.82 Å².